The van der Waals surface area contributed by atoms with Crippen molar-refractivity contribution in [2.45, 2.75) is 45.7 Å². The van der Waals surface area contributed by atoms with Crippen LogP contribution in [0.5, 0.6) is 5.75 Å². The first-order valence-electron chi connectivity index (χ1n) is 7.73. The van der Waals surface area contributed by atoms with E-state index in [1.807, 2.05) is 36.5 Å². The van der Waals surface area contributed by atoms with E-state index in [1.165, 1.54) is 0 Å². The van der Waals surface area contributed by atoms with E-state index in [0.717, 1.165) is 11.6 Å². The van der Waals surface area contributed by atoms with Crippen molar-refractivity contribution in [2.24, 2.45) is 0 Å². The molecule has 2 aromatic heterocycles. The Morgan fingerprint density at radius 3 is 2.48 bits per heavy atom. The molecule has 0 aliphatic heterocycles. The van der Waals surface area contributed by atoms with Crippen molar-refractivity contribution >= 4 is 18.0 Å². The van der Waals surface area contributed by atoms with Crippen LogP contribution < -0.4 is 10.1 Å². The van der Waals surface area contributed by atoms with Crippen molar-refractivity contribution < 1.29 is 4.74 Å². The first-order valence-corrected chi connectivity index (χ1v) is 8.14. The van der Waals surface area contributed by atoms with Gasteiger partial charge in [0.1, 0.15) is 17.1 Å². The molecular formula is C18H25N3OS. The van der Waals surface area contributed by atoms with Gasteiger partial charge in [-0.05, 0) is 58.9 Å². The Hall–Kier alpha value is -1.88. The summed E-state index contributed by atoms with van der Waals surface area (Å²) in [5.41, 5.74) is -0.337. The molecule has 2 rings (SSSR count). The zero-order chi connectivity index (χ0) is 17.1. The molecule has 0 spiro atoms. The maximum absolute atomic E-state index is 5.99. The normalized spacial score (nSPS) is 12.0. The van der Waals surface area contributed by atoms with Crippen LogP contribution in [0.3, 0.4) is 0 Å². The molecule has 0 aliphatic carbocycles. The fourth-order valence-electron chi connectivity index (χ4n) is 2.19. The highest BCUT2D eigenvalue weighted by molar-refractivity contribution is 7.71. The third-order valence-electron chi connectivity index (χ3n) is 3.35. The van der Waals surface area contributed by atoms with Crippen molar-refractivity contribution in [3.63, 3.8) is 0 Å². The Kier molecular flexibility index (Phi) is 5.09. The van der Waals surface area contributed by atoms with E-state index >= 15 is 0 Å². The van der Waals surface area contributed by atoms with Crippen LogP contribution in [-0.4, -0.2) is 21.7 Å². The van der Waals surface area contributed by atoms with Crippen LogP contribution in [-0.2, 0) is 5.54 Å². The molecule has 0 aromatic carbocycles. The highest BCUT2D eigenvalue weighted by Crippen LogP contribution is 2.22. The molecule has 0 unspecified atom stereocenters. The van der Waals surface area contributed by atoms with E-state index in [-0.39, 0.29) is 11.1 Å². The Morgan fingerprint density at radius 1 is 1.13 bits per heavy atom. The van der Waals surface area contributed by atoms with Crippen molar-refractivity contribution in [3.05, 3.63) is 47.4 Å². The van der Waals surface area contributed by atoms with Crippen LogP contribution in [0, 0.1) is 4.64 Å². The van der Waals surface area contributed by atoms with Gasteiger partial charge >= 0.3 is 0 Å². The summed E-state index contributed by atoms with van der Waals surface area (Å²) >= 11 is 5.56. The molecule has 0 radical (unpaired) electrons. The lowest BCUT2D eigenvalue weighted by Crippen LogP contribution is -2.38. The van der Waals surface area contributed by atoms with Gasteiger partial charge < -0.3 is 14.6 Å². The molecule has 0 saturated carbocycles. The third kappa shape index (κ3) is 4.79. The van der Waals surface area contributed by atoms with Crippen LogP contribution in [0.2, 0.25) is 0 Å². The number of aromatic nitrogens is 2. The Labute approximate surface area is 143 Å². The van der Waals surface area contributed by atoms with Gasteiger partial charge in [-0.2, -0.15) is 0 Å². The third-order valence-corrected chi connectivity index (χ3v) is 3.75. The quantitative estimate of drug-likeness (QED) is 0.810. The lowest BCUT2D eigenvalue weighted by molar-refractivity contribution is 0.250. The van der Waals surface area contributed by atoms with E-state index in [1.54, 1.807) is 6.20 Å². The molecule has 2 heterocycles. The summed E-state index contributed by atoms with van der Waals surface area (Å²) in [5, 5.41) is 3.38. The zero-order valence-electron chi connectivity index (χ0n) is 14.5. The summed E-state index contributed by atoms with van der Waals surface area (Å²) in [6, 6.07) is 9.68. The molecular weight excluding hydrogens is 306 g/mol. The molecule has 0 amide bonds. The Balaban J connectivity index is 2.10. The van der Waals surface area contributed by atoms with E-state index in [9.17, 15) is 0 Å². The van der Waals surface area contributed by atoms with Gasteiger partial charge in [-0.1, -0.05) is 18.3 Å². The summed E-state index contributed by atoms with van der Waals surface area (Å²) < 4.78 is 8.76. The summed E-state index contributed by atoms with van der Waals surface area (Å²) in [7, 11) is 0. The summed E-state index contributed by atoms with van der Waals surface area (Å²) in [6.45, 7) is 11.0. The fourth-order valence-corrected chi connectivity index (χ4v) is 2.65. The van der Waals surface area contributed by atoms with Crippen LogP contribution in [0.1, 0.15) is 34.6 Å². The number of hydrogen-bond acceptors (Lipinski definition) is 4. The molecule has 0 saturated heterocycles. The van der Waals surface area contributed by atoms with Crippen molar-refractivity contribution in [1.29, 1.82) is 0 Å². The lowest BCUT2D eigenvalue weighted by Gasteiger charge is -2.28. The van der Waals surface area contributed by atoms with Crippen LogP contribution in [0.25, 0.3) is 0 Å². The number of hydrogen-bond donors (Lipinski definition) is 1. The van der Waals surface area contributed by atoms with Gasteiger partial charge in [-0.3, -0.25) is 0 Å². The molecule has 1 N–H and O–H groups in total. The first-order chi connectivity index (χ1) is 10.7. The number of nitrogens with zero attached hydrogens (tertiary/aromatic N) is 2. The van der Waals surface area contributed by atoms with Crippen LogP contribution >= 0.6 is 12.2 Å². The molecule has 0 atom stereocenters. The van der Waals surface area contributed by atoms with Crippen molar-refractivity contribution in [2.75, 3.05) is 11.9 Å². The highest BCUT2D eigenvalue weighted by Gasteiger charge is 2.20. The molecule has 124 valence electrons. The minimum absolute atomic E-state index is 0.0713. The second kappa shape index (κ2) is 6.71. The number of ether oxygens (including phenoxy) is 1. The predicted molar refractivity (Wildman–Crippen MR) is 97.7 cm³/mol. The van der Waals surface area contributed by atoms with Gasteiger partial charge in [0.25, 0.3) is 0 Å². The topological polar surface area (TPSA) is 39.1 Å². The Bertz CT molecular complexity index is 702. The Morgan fingerprint density at radius 2 is 1.87 bits per heavy atom. The van der Waals surface area contributed by atoms with Gasteiger partial charge in [0.15, 0.2) is 5.75 Å². The van der Waals surface area contributed by atoms with Crippen molar-refractivity contribution in [1.82, 2.24) is 9.55 Å². The lowest BCUT2D eigenvalue weighted by atomic mass is 10.1. The second-order valence-corrected chi connectivity index (χ2v) is 7.62. The van der Waals surface area contributed by atoms with Gasteiger partial charge in [0.05, 0.1) is 5.54 Å². The predicted octanol–water partition coefficient (Wildman–Crippen LogP) is 4.64. The first kappa shape index (κ1) is 17.5. The van der Waals surface area contributed by atoms with Crippen molar-refractivity contribution in [3.8, 4) is 5.75 Å². The number of anilines is 1. The van der Waals surface area contributed by atoms with E-state index in [0.29, 0.717) is 11.2 Å². The molecule has 0 fully saturated rings. The standard InChI is InChI=1S/C18H25N3OS/c1-17(2,3)21-12-8-9-14(16(21)23)22-13-18(4,5)20-15-10-6-7-11-19-15/h6-12H,13H2,1-5H3,(H,19,20). The highest BCUT2D eigenvalue weighted by atomic mass is 32.1. The largest absolute Gasteiger partial charge is 0.488 e. The van der Waals surface area contributed by atoms with E-state index < -0.39 is 0 Å². The summed E-state index contributed by atoms with van der Waals surface area (Å²) in [6.07, 6.45) is 3.76. The summed E-state index contributed by atoms with van der Waals surface area (Å²) in [4.78, 5) is 4.29. The van der Waals surface area contributed by atoms with Gasteiger partial charge in [-0.15, -0.1) is 0 Å². The van der Waals surface area contributed by atoms with Gasteiger partial charge in [0.2, 0.25) is 0 Å². The van der Waals surface area contributed by atoms with Gasteiger partial charge in [-0.25, -0.2) is 4.98 Å². The monoisotopic (exact) mass is 331 g/mol. The average molecular weight is 331 g/mol. The minimum Gasteiger partial charge on any atom is -0.488 e. The smallest absolute Gasteiger partial charge is 0.154 e. The number of pyridine rings is 2. The molecule has 4 nitrogen and oxygen atoms in total. The van der Waals surface area contributed by atoms with Crippen LogP contribution in [0.4, 0.5) is 5.82 Å². The zero-order valence-corrected chi connectivity index (χ0v) is 15.3. The molecule has 2 aromatic rings. The van der Waals surface area contributed by atoms with Crippen LogP contribution in [0.15, 0.2) is 42.7 Å². The van der Waals surface area contributed by atoms with Gasteiger partial charge in [0, 0.05) is 17.9 Å². The molecule has 0 aliphatic rings. The average Bonchev–Trinajstić information content (AvgIpc) is 2.45. The minimum atomic E-state index is -0.265. The van der Waals surface area contributed by atoms with E-state index in [2.05, 4.69) is 49.5 Å². The van der Waals surface area contributed by atoms with E-state index in [4.69, 9.17) is 17.0 Å². The molecule has 5 heteroatoms. The fraction of sp³-hybridized carbons (Fsp3) is 0.444. The second-order valence-electron chi connectivity index (χ2n) is 7.23. The molecule has 0 bridgehead atoms. The molecule has 23 heavy (non-hydrogen) atoms. The maximum atomic E-state index is 5.99. The summed E-state index contributed by atoms with van der Waals surface area (Å²) in [5.74, 6) is 1.56. The number of nitrogens with one attached hydrogen (secondary N) is 1. The number of rotatable bonds is 5. The maximum Gasteiger partial charge on any atom is 0.154 e. The SMILES string of the molecule is CC(C)(COc1cccn(C(C)(C)C)c1=S)Nc1ccccn1.